The minimum atomic E-state index is -0.777. The van der Waals surface area contributed by atoms with Crippen molar-refractivity contribution in [3.8, 4) is 28.4 Å². The number of aromatic hydroxyl groups is 2. The molecule has 2 N–H and O–H groups in total. The molecule has 1 unspecified atom stereocenters. The molecule has 0 bridgehead atoms. The molecule has 0 spiro atoms. The molecule has 3 aromatic carbocycles. The number of carbonyl (C=O) groups excluding carboxylic acids is 2. The van der Waals surface area contributed by atoms with Crippen molar-refractivity contribution >= 4 is 22.9 Å². The Morgan fingerprint density at radius 2 is 1.68 bits per heavy atom. The van der Waals surface area contributed by atoms with E-state index in [-0.39, 0.29) is 52.1 Å². The van der Waals surface area contributed by atoms with E-state index in [9.17, 15) is 24.6 Å². The number of esters is 2. The molecule has 4 rings (SSSR count). The molecular weight excluding hydrogens is 480 g/mol. The fourth-order valence-corrected chi connectivity index (χ4v) is 4.05. The number of phenolic OH excluding ortho intramolecular Hbond substituents is 2. The molecule has 4 aromatic rings. The van der Waals surface area contributed by atoms with Gasteiger partial charge in [0.2, 0.25) is 5.43 Å². The zero-order chi connectivity index (χ0) is 26.5. The highest BCUT2D eigenvalue weighted by atomic mass is 16.6. The zero-order valence-electron chi connectivity index (χ0n) is 20.1. The van der Waals surface area contributed by atoms with Crippen molar-refractivity contribution in [2.45, 2.75) is 12.3 Å². The van der Waals surface area contributed by atoms with E-state index in [0.717, 1.165) is 0 Å². The Kier molecular flexibility index (Phi) is 7.43. The molecule has 9 nitrogen and oxygen atoms in total. The molecule has 0 saturated carbocycles. The number of methoxy groups -OCH3 is 2. The second-order valence-electron chi connectivity index (χ2n) is 8.17. The minimum Gasteiger partial charge on any atom is -0.508 e. The zero-order valence-corrected chi connectivity index (χ0v) is 20.1. The number of ether oxygens (including phenoxy) is 3. The van der Waals surface area contributed by atoms with Crippen molar-refractivity contribution in [1.82, 2.24) is 0 Å². The SMILES string of the molecule is COC(=O)COc1cccc(C(CC(=O)OC)c2c(O)ccc3c(=O)c(-c4ccc(O)cc4)coc23)c1. The van der Waals surface area contributed by atoms with E-state index in [1.807, 2.05) is 0 Å². The average molecular weight is 504 g/mol. The lowest BCUT2D eigenvalue weighted by molar-refractivity contribution is -0.143. The monoisotopic (exact) mass is 504 g/mol. The van der Waals surface area contributed by atoms with Crippen LogP contribution in [0.1, 0.15) is 23.5 Å². The number of fused-ring (bicyclic) bond motifs is 1. The van der Waals surface area contributed by atoms with Gasteiger partial charge >= 0.3 is 11.9 Å². The highest BCUT2D eigenvalue weighted by Crippen LogP contribution is 2.40. The van der Waals surface area contributed by atoms with Crippen molar-refractivity contribution < 1.29 is 38.4 Å². The molecular formula is C28H24O9. The molecule has 0 aliphatic carbocycles. The van der Waals surface area contributed by atoms with Gasteiger partial charge in [-0.05, 0) is 47.5 Å². The topological polar surface area (TPSA) is 132 Å². The Morgan fingerprint density at radius 1 is 0.946 bits per heavy atom. The summed E-state index contributed by atoms with van der Waals surface area (Å²) in [6.07, 6.45) is 1.11. The predicted octanol–water partition coefficient (Wildman–Crippen LogP) is 4.12. The van der Waals surface area contributed by atoms with Crippen LogP contribution < -0.4 is 10.2 Å². The molecule has 1 atom stereocenters. The van der Waals surface area contributed by atoms with E-state index >= 15 is 0 Å². The van der Waals surface area contributed by atoms with Gasteiger partial charge in [0.05, 0.1) is 31.6 Å². The van der Waals surface area contributed by atoms with Gasteiger partial charge in [0, 0.05) is 11.5 Å². The van der Waals surface area contributed by atoms with Crippen molar-refractivity contribution in [3.63, 3.8) is 0 Å². The number of hydrogen-bond donors (Lipinski definition) is 2. The molecule has 1 aromatic heterocycles. The first-order chi connectivity index (χ1) is 17.8. The summed E-state index contributed by atoms with van der Waals surface area (Å²) >= 11 is 0. The third kappa shape index (κ3) is 5.40. The van der Waals surface area contributed by atoms with Crippen LogP contribution in [0.4, 0.5) is 0 Å². The third-order valence-electron chi connectivity index (χ3n) is 5.93. The van der Waals surface area contributed by atoms with E-state index in [4.69, 9.17) is 13.9 Å². The lowest BCUT2D eigenvalue weighted by Crippen LogP contribution is -2.14. The van der Waals surface area contributed by atoms with Gasteiger partial charge in [-0.25, -0.2) is 4.79 Å². The number of hydrogen-bond acceptors (Lipinski definition) is 9. The molecule has 0 saturated heterocycles. The second-order valence-corrected chi connectivity index (χ2v) is 8.17. The van der Waals surface area contributed by atoms with Crippen molar-refractivity contribution in [2.75, 3.05) is 20.8 Å². The average Bonchev–Trinajstić information content (AvgIpc) is 2.91. The lowest BCUT2D eigenvalue weighted by atomic mass is 9.86. The molecule has 0 aliphatic heterocycles. The molecule has 0 aliphatic rings. The van der Waals surface area contributed by atoms with Gasteiger partial charge in [-0.2, -0.15) is 0 Å². The van der Waals surface area contributed by atoms with Gasteiger partial charge < -0.3 is 28.8 Å². The highest BCUT2D eigenvalue weighted by molar-refractivity contribution is 5.87. The fourth-order valence-electron chi connectivity index (χ4n) is 4.05. The molecule has 0 amide bonds. The van der Waals surface area contributed by atoms with Crippen LogP contribution in [-0.4, -0.2) is 43.0 Å². The van der Waals surface area contributed by atoms with Crippen LogP contribution in [0, 0.1) is 0 Å². The quantitative estimate of drug-likeness (QED) is 0.340. The Morgan fingerprint density at radius 3 is 2.38 bits per heavy atom. The minimum absolute atomic E-state index is 0.0598. The van der Waals surface area contributed by atoms with Gasteiger partial charge in [0.15, 0.2) is 6.61 Å². The summed E-state index contributed by atoms with van der Waals surface area (Å²) in [4.78, 5) is 37.2. The summed E-state index contributed by atoms with van der Waals surface area (Å²) in [6, 6.07) is 15.6. The smallest absolute Gasteiger partial charge is 0.343 e. The third-order valence-corrected chi connectivity index (χ3v) is 5.93. The molecule has 190 valence electrons. The van der Waals surface area contributed by atoms with Crippen molar-refractivity contribution in [2.24, 2.45) is 0 Å². The summed E-state index contributed by atoms with van der Waals surface area (Å²) in [5, 5.41) is 20.6. The Hall–Kier alpha value is -4.79. The van der Waals surface area contributed by atoms with Crippen molar-refractivity contribution in [3.05, 3.63) is 88.3 Å². The van der Waals surface area contributed by atoms with Gasteiger partial charge in [0.1, 0.15) is 29.1 Å². The summed E-state index contributed by atoms with van der Waals surface area (Å²) in [6.45, 7) is -0.309. The van der Waals surface area contributed by atoms with E-state index in [2.05, 4.69) is 4.74 Å². The first-order valence-electron chi connectivity index (χ1n) is 11.3. The summed E-state index contributed by atoms with van der Waals surface area (Å²) in [7, 11) is 2.50. The molecule has 0 radical (unpaired) electrons. The predicted molar refractivity (Wildman–Crippen MR) is 134 cm³/mol. The van der Waals surface area contributed by atoms with E-state index in [1.54, 1.807) is 36.4 Å². The molecule has 9 heteroatoms. The maximum Gasteiger partial charge on any atom is 0.343 e. The van der Waals surface area contributed by atoms with Crippen LogP contribution in [-0.2, 0) is 19.1 Å². The van der Waals surface area contributed by atoms with Crippen LogP contribution in [0.15, 0.2) is 76.1 Å². The van der Waals surface area contributed by atoms with E-state index < -0.39 is 17.9 Å². The fraction of sp³-hybridized carbons (Fsp3) is 0.179. The number of carbonyl (C=O) groups is 2. The van der Waals surface area contributed by atoms with E-state index in [1.165, 1.54) is 44.7 Å². The standard InChI is InChI=1S/C28H24O9/c1-34-24(31)13-21(17-4-3-5-19(12-17)36-15-25(32)35-2)26-23(30)11-10-20-27(33)22(14-37-28(20)26)16-6-8-18(29)9-7-16/h3-12,14,21,29-30H,13,15H2,1-2H3. The van der Waals surface area contributed by atoms with Crippen molar-refractivity contribution in [1.29, 1.82) is 0 Å². The molecule has 1 heterocycles. The number of benzene rings is 3. The van der Waals surface area contributed by atoms with Crippen LogP contribution in [0.2, 0.25) is 0 Å². The second kappa shape index (κ2) is 10.9. The van der Waals surface area contributed by atoms with Gasteiger partial charge in [0.25, 0.3) is 0 Å². The lowest BCUT2D eigenvalue weighted by Gasteiger charge is -2.20. The summed E-state index contributed by atoms with van der Waals surface area (Å²) < 4.78 is 20.9. The maximum absolute atomic E-state index is 13.4. The Bertz CT molecular complexity index is 1500. The van der Waals surface area contributed by atoms with Gasteiger partial charge in [-0.1, -0.05) is 24.3 Å². The Balaban J connectivity index is 1.85. The van der Waals surface area contributed by atoms with Gasteiger partial charge in [-0.3, -0.25) is 9.59 Å². The normalized spacial score (nSPS) is 11.6. The van der Waals surface area contributed by atoms with Crippen LogP contribution in [0.5, 0.6) is 17.2 Å². The first-order valence-corrected chi connectivity index (χ1v) is 11.3. The number of phenols is 2. The van der Waals surface area contributed by atoms with Gasteiger partial charge in [-0.15, -0.1) is 0 Å². The summed E-state index contributed by atoms with van der Waals surface area (Å²) in [5.74, 6) is -1.67. The largest absolute Gasteiger partial charge is 0.508 e. The first kappa shape index (κ1) is 25.3. The van der Waals surface area contributed by atoms with Crippen LogP contribution in [0.25, 0.3) is 22.1 Å². The Labute approximate surface area is 211 Å². The van der Waals surface area contributed by atoms with E-state index in [0.29, 0.717) is 16.9 Å². The molecule has 0 fully saturated rings. The summed E-state index contributed by atoms with van der Waals surface area (Å²) in [5.41, 5.74) is 1.36. The molecule has 37 heavy (non-hydrogen) atoms. The van der Waals surface area contributed by atoms with Crippen LogP contribution in [0.3, 0.4) is 0 Å². The van der Waals surface area contributed by atoms with Crippen LogP contribution >= 0.6 is 0 Å². The maximum atomic E-state index is 13.4. The number of rotatable bonds is 8. The highest BCUT2D eigenvalue weighted by Gasteiger charge is 2.27.